The normalized spacial score (nSPS) is 21.2. The lowest BCUT2D eigenvalue weighted by molar-refractivity contribution is 0.119. The standard InChI is InChI=1S/C15H22FNO/c1-11(2)9-15(12-7-8-17-10-12)18-14-5-3-13(16)4-6-14/h3-6,11-12,15,17H,7-10H2,1-2H3/t12?,15-/m0/s1. The fourth-order valence-corrected chi connectivity index (χ4v) is 2.48. The van der Waals surface area contributed by atoms with E-state index >= 15 is 0 Å². The number of ether oxygens (including phenoxy) is 1. The second-order valence-electron chi connectivity index (χ2n) is 5.49. The van der Waals surface area contributed by atoms with Gasteiger partial charge in [0, 0.05) is 12.5 Å². The molecule has 2 rings (SSSR count). The number of hydrogen-bond donors (Lipinski definition) is 1. The molecule has 2 nitrogen and oxygen atoms in total. The summed E-state index contributed by atoms with van der Waals surface area (Å²) in [5.41, 5.74) is 0. The molecule has 1 heterocycles. The first-order chi connectivity index (χ1) is 8.65. The minimum absolute atomic E-state index is 0.217. The molecule has 3 heteroatoms. The van der Waals surface area contributed by atoms with Crippen LogP contribution in [0.15, 0.2) is 24.3 Å². The van der Waals surface area contributed by atoms with Crippen molar-refractivity contribution in [2.24, 2.45) is 11.8 Å². The van der Waals surface area contributed by atoms with Crippen LogP contribution in [0.1, 0.15) is 26.7 Å². The summed E-state index contributed by atoms with van der Waals surface area (Å²) in [7, 11) is 0. The number of benzene rings is 1. The maximum Gasteiger partial charge on any atom is 0.123 e. The van der Waals surface area contributed by atoms with Gasteiger partial charge in [0.25, 0.3) is 0 Å². The van der Waals surface area contributed by atoms with E-state index in [9.17, 15) is 4.39 Å². The summed E-state index contributed by atoms with van der Waals surface area (Å²) in [5, 5.41) is 3.38. The Bertz CT molecular complexity index is 357. The molecule has 1 aliphatic rings. The zero-order valence-electron chi connectivity index (χ0n) is 11.2. The Morgan fingerprint density at radius 3 is 2.61 bits per heavy atom. The number of halogens is 1. The van der Waals surface area contributed by atoms with Gasteiger partial charge in [0.2, 0.25) is 0 Å². The zero-order chi connectivity index (χ0) is 13.0. The topological polar surface area (TPSA) is 21.3 Å². The molecule has 0 aliphatic carbocycles. The molecule has 100 valence electrons. The molecule has 1 aliphatic heterocycles. The summed E-state index contributed by atoms with van der Waals surface area (Å²) in [6.07, 6.45) is 2.44. The smallest absolute Gasteiger partial charge is 0.123 e. The third-order valence-electron chi connectivity index (χ3n) is 3.43. The molecule has 1 fully saturated rings. The van der Waals surface area contributed by atoms with Crippen LogP contribution in [0.25, 0.3) is 0 Å². The number of rotatable bonds is 5. The van der Waals surface area contributed by atoms with Crippen LogP contribution in [0, 0.1) is 17.7 Å². The third kappa shape index (κ3) is 3.70. The molecule has 0 aromatic heterocycles. The van der Waals surface area contributed by atoms with Crippen LogP contribution in [0.3, 0.4) is 0 Å². The summed E-state index contributed by atoms with van der Waals surface area (Å²) in [6.45, 7) is 6.53. The van der Waals surface area contributed by atoms with Crippen LogP contribution in [-0.2, 0) is 0 Å². The molecule has 1 aromatic rings. The van der Waals surface area contributed by atoms with Gasteiger partial charge in [-0.15, -0.1) is 0 Å². The van der Waals surface area contributed by atoms with E-state index in [1.165, 1.54) is 18.6 Å². The van der Waals surface area contributed by atoms with E-state index in [2.05, 4.69) is 19.2 Å². The van der Waals surface area contributed by atoms with Gasteiger partial charge in [0.15, 0.2) is 0 Å². The Morgan fingerprint density at radius 2 is 2.06 bits per heavy atom. The zero-order valence-corrected chi connectivity index (χ0v) is 11.2. The van der Waals surface area contributed by atoms with Crippen molar-refractivity contribution in [2.45, 2.75) is 32.8 Å². The fourth-order valence-electron chi connectivity index (χ4n) is 2.48. The minimum atomic E-state index is -0.217. The lowest BCUT2D eigenvalue weighted by Gasteiger charge is -2.26. The average Bonchev–Trinajstić information content (AvgIpc) is 2.84. The number of hydrogen-bond acceptors (Lipinski definition) is 2. The van der Waals surface area contributed by atoms with E-state index in [-0.39, 0.29) is 11.9 Å². The van der Waals surface area contributed by atoms with Gasteiger partial charge in [0.1, 0.15) is 17.7 Å². The first-order valence-corrected chi connectivity index (χ1v) is 6.78. The molecular formula is C15H22FNO. The Hall–Kier alpha value is -1.09. The Morgan fingerprint density at radius 1 is 1.33 bits per heavy atom. The van der Waals surface area contributed by atoms with Crippen molar-refractivity contribution >= 4 is 0 Å². The van der Waals surface area contributed by atoms with Gasteiger partial charge in [-0.05, 0) is 49.6 Å². The molecule has 0 spiro atoms. The van der Waals surface area contributed by atoms with Crippen LogP contribution in [0.5, 0.6) is 5.75 Å². The van der Waals surface area contributed by atoms with Crippen molar-refractivity contribution in [3.8, 4) is 5.75 Å². The van der Waals surface area contributed by atoms with Gasteiger partial charge in [0.05, 0.1) is 0 Å². The Kier molecular flexibility index (Phi) is 4.59. The van der Waals surface area contributed by atoms with Crippen molar-refractivity contribution in [3.05, 3.63) is 30.1 Å². The molecule has 1 aromatic carbocycles. The predicted octanol–water partition coefficient (Wildman–Crippen LogP) is 3.23. The van der Waals surface area contributed by atoms with E-state index in [4.69, 9.17) is 4.74 Å². The highest BCUT2D eigenvalue weighted by Crippen LogP contribution is 2.24. The highest BCUT2D eigenvalue weighted by atomic mass is 19.1. The molecule has 0 amide bonds. The van der Waals surface area contributed by atoms with Crippen LogP contribution < -0.4 is 10.1 Å². The molecule has 2 atom stereocenters. The van der Waals surface area contributed by atoms with Gasteiger partial charge in [-0.3, -0.25) is 0 Å². The van der Waals surface area contributed by atoms with E-state index in [1.54, 1.807) is 12.1 Å². The van der Waals surface area contributed by atoms with E-state index in [1.807, 2.05) is 0 Å². The summed E-state index contributed by atoms with van der Waals surface area (Å²) < 4.78 is 18.9. The van der Waals surface area contributed by atoms with Crippen molar-refractivity contribution in [3.63, 3.8) is 0 Å². The van der Waals surface area contributed by atoms with Gasteiger partial charge in [-0.1, -0.05) is 13.8 Å². The molecular weight excluding hydrogens is 229 g/mol. The predicted molar refractivity (Wildman–Crippen MR) is 71.2 cm³/mol. The van der Waals surface area contributed by atoms with Crippen molar-refractivity contribution in [2.75, 3.05) is 13.1 Å². The second-order valence-corrected chi connectivity index (χ2v) is 5.49. The lowest BCUT2D eigenvalue weighted by Crippen LogP contribution is -2.30. The van der Waals surface area contributed by atoms with Gasteiger partial charge >= 0.3 is 0 Å². The fraction of sp³-hybridized carbons (Fsp3) is 0.600. The van der Waals surface area contributed by atoms with Crippen molar-refractivity contribution in [1.29, 1.82) is 0 Å². The summed E-state index contributed by atoms with van der Waals surface area (Å²) in [5.74, 6) is 1.73. The van der Waals surface area contributed by atoms with Gasteiger partial charge < -0.3 is 10.1 Å². The largest absolute Gasteiger partial charge is 0.490 e. The van der Waals surface area contributed by atoms with Crippen molar-refractivity contribution < 1.29 is 9.13 Å². The quantitative estimate of drug-likeness (QED) is 0.867. The lowest BCUT2D eigenvalue weighted by atomic mass is 9.93. The highest BCUT2D eigenvalue weighted by molar-refractivity contribution is 5.22. The number of nitrogens with one attached hydrogen (secondary N) is 1. The van der Waals surface area contributed by atoms with Crippen molar-refractivity contribution in [1.82, 2.24) is 5.32 Å². The van der Waals surface area contributed by atoms with Gasteiger partial charge in [-0.2, -0.15) is 0 Å². The molecule has 18 heavy (non-hydrogen) atoms. The third-order valence-corrected chi connectivity index (χ3v) is 3.43. The van der Waals surface area contributed by atoms with E-state index in [0.29, 0.717) is 11.8 Å². The summed E-state index contributed by atoms with van der Waals surface area (Å²) >= 11 is 0. The maximum atomic E-state index is 12.9. The molecule has 1 saturated heterocycles. The van der Waals surface area contributed by atoms with Crippen LogP contribution in [-0.4, -0.2) is 19.2 Å². The second kappa shape index (κ2) is 6.19. The molecule has 0 radical (unpaired) electrons. The molecule has 0 bridgehead atoms. The average molecular weight is 251 g/mol. The van der Waals surface area contributed by atoms with Gasteiger partial charge in [-0.25, -0.2) is 4.39 Å². The SMILES string of the molecule is CC(C)C[C@H](Oc1ccc(F)cc1)C1CCNC1. The summed E-state index contributed by atoms with van der Waals surface area (Å²) in [4.78, 5) is 0. The summed E-state index contributed by atoms with van der Waals surface area (Å²) in [6, 6.07) is 6.33. The maximum absolute atomic E-state index is 12.9. The Balaban J connectivity index is 2.01. The van der Waals surface area contributed by atoms with Crippen LogP contribution in [0.2, 0.25) is 0 Å². The first kappa shape index (κ1) is 13.3. The minimum Gasteiger partial charge on any atom is -0.490 e. The van der Waals surface area contributed by atoms with E-state index in [0.717, 1.165) is 25.3 Å². The highest BCUT2D eigenvalue weighted by Gasteiger charge is 2.27. The monoisotopic (exact) mass is 251 g/mol. The van der Waals surface area contributed by atoms with Crippen LogP contribution >= 0.6 is 0 Å². The van der Waals surface area contributed by atoms with Crippen LogP contribution in [0.4, 0.5) is 4.39 Å². The molecule has 1 N–H and O–H groups in total. The Labute approximate surface area is 109 Å². The first-order valence-electron chi connectivity index (χ1n) is 6.78. The molecule has 0 saturated carbocycles. The van der Waals surface area contributed by atoms with E-state index < -0.39 is 0 Å². The molecule has 1 unspecified atom stereocenters.